The van der Waals surface area contributed by atoms with Crippen LogP contribution in [-0.2, 0) is 0 Å². The largest absolute Gasteiger partial charge is 0.491 e. The first-order valence-corrected chi connectivity index (χ1v) is 11.4. The Morgan fingerprint density at radius 2 is 1.81 bits per heavy atom. The first-order chi connectivity index (χ1) is 15.5. The number of rotatable bonds is 8. The van der Waals surface area contributed by atoms with Crippen LogP contribution in [0.3, 0.4) is 0 Å². The van der Waals surface area contributed by atoms with Gasteiger partial charge in [-0.3, -0.25) is 4.79 Å². The van der Waals surface area contributed by atoms with Crippen LogP contribution in [0.5, 0.6) is 5.75 Å². The van der Waals surface area contributed by atoms with Gasteiger partial charge in [0.05, 0.1) is 0 Å². The number of fused-ring (bicyclic) bond motifs is 2. The van der Waals surface area contributed by atoms with E-state index >= 15 is 0 Å². The Morgan fingerprint density at radius 3 is 2.53 bits per heavy atom. The van der Waals surface area contributed by atoms with Crippen LogP contribution in [0.25, 0.3) is 21.9 Å². The normalized spacial score (nSPS) is 23.4. The second kappa shape index (κ2) is 8.70. The molecule has 2 aliphatic rings. The predicted molar refractivity (Wildman–Crippen MR) is 127 cm³/mol. The van der Waals surface area contributed by atoms with Gasteiger partial charge in [0.2, 0.25) is 5.56 Å². The van der Waals surface area contributed by atoms with Gasteiger partial charge in [0.25, 0.3) is 0 Å². The summed E-state index contributed by atoms with van der Waals surface area (Å²) in [5.74, 6) is 3.21. The maximum atomic E-state index is 11.3. The van der Waals surface area contributed by atoms with Crippen LogP contribution in [0.15, 0.2) is 59.5 Å². The molecule has 1 aromatic heterocycles. The van der Waals surface area contributed by atoms with Crippen molar-refractivity contribution in [3.63, 3.8) is 0 Å². The van der Waals surface area contributed by atoms with Gasteiger partial charge in [0.1, 0.15) is 18.5 Å². The summed E-state index contributed by atoms with van der Waals surface area (Å²) in [7, 11) is 4.29. The highest BCUT2D eigenvalue weighted by Crippen LogP contribution is 2.51. The van der Waals surface area contributed by atoms with E-state index in [-0.39, 0.29) is 12.2 Å². The quantitative estimate of drug-likeness (QED) is 0.572. The monoisotopic (exact) mass is 433 g/mol. The topological polar surface area (TPSA) is 68.8 Å². The highest BCUT2D eigenvalue weighted by Gasteiger charge is 2.55. The van der Waals surface area contributed by atoms with Gasteiger partial charge >= 0.3 is 0 Å². The summed E-state index contributed by atoms with van der Waals surface area (Å²) in [5, 5.41) is 12.7. The van der Waals surface area contributed by atoms with Crippen molar-refractivity contribution >= 4 is 10.8 Å². The van der Waals surface area contributed by atoms with Gasteiger partial charge < -0.3 is 24.6 Å². The summed E-state index contributed by atoms with van der Waals surface area (Å²) in [6, 6.07) is 15.5. The molecule has 32 heavy (non-hydrogen) atoms. The molecular weight excluding hydrogens is 402 g/mol. The molecule has 4 atom stereocenters. The van der Waals surface area contributed by atoms with Gasteiger partial charge in [-0.05, 0) is 78.0 Å². The summed E-state index contributed by atoms with van der Waals surface area (Å²) >= 11 is 0. The number of nitrogens with zero attached hydrogens (tertiary/aromatic N) is 2. The van der Waals surface area contributed by atoms with Crippen LogP contribution >= 0.6 is 0 Å². The van der Waals surface area contributed by atoms with E-state index in [1.54, 1.807) is 6.20 Å². The Labute approximate surface area is 188 Å². The zero-order valence-electron chi connectivity index (χ0n) is 18.7. The number of hydrogen-bond acceptors (Lipinski definition) is 5. The molecule has 0 amide bonds. The molecule has 0 radical (unpaired) electrons. The maximum Gasteiger partial charge on any atom is 0.247 e. The van der Waals surface area contributed by atoms with Crippen molar-refractivity contribution in [2.24, 2.45) is 17.8 Å². The summed E-state index contributed by atoms with van der Waals surface area (Å²) < 4.78 is 5.93. The minimum absolute atomic E-state index is 0.108. The third kappa shape index (κ3) is 4.58. The number of aromatic nitrogens is 1. The molecule has 0 spiro atoms. The molecular formula is C26H31N3O3. The van der Waals surface area contributed by atoms with E-state index in [9.17, 15) is 9.90 Å². The molecule has 1 saturated carbocycles. The summed E-state index contributed by atoms with van der Waals surface area (Å²) in [4.78, 5) is 18.7. The number of aliphatic hydroxyl groups is 1. The molecule has 2 N–H and O–H groups in total. The minimum atomic E-state index is -0.497. The van der Waals surface area contributed by atoms with Crippen molar-refractivity contribution in [2.45, 2.75) is 6.10 Å². The summed E-state index contributed by atoms with van der Waals surface area (Å²) in [6.45, 7) is 4.35. The van der Waals surface area contributed by atoms with E-state index < -0.39 is 6.10 Å². The molecule has 2 heterocycles. The number of nitrogens with one attached hydrogen (secondary N) is 1. The second-order valence-corrected chi connectivity index (χ2v) is 9.60. The third-order valence-corrected chi connectivity index (χ3v) is 6.86. The van der Waals surface area contributed by atoms with Crippen molar-refractivity contribution in [1.82, 2.24) is 14.8 Å². The molecule has 5 rings (SSSR count). The Kier molecular flexibility index (Phi) is 5.76. The highest BCUT2D eigenvalue weighted by molar-refractivity contribution is 5.88. The second-order valence-electron chi connectivity index (χ2n) is 9.60. The first-order valence-electron chi connectivity index (χ1n) is 11.4. The smallest absolute Gasteiger partial charge is 0.247 e. The van der Waals surface area contributed by atoms with E-state index in [1.807, 2.05) is 30.3 Å². The standard InChI is InChI=1S/C26H31N3O3/c1-28(2)13-23-24-14-29(15-25(23)24)12-21(30)16-32-22-7-5-17-3-4-18(9-20(17)10-22)19-6-8-26(31)27-11-19/h3-11,21,23-25,30H,12-16H2,1-2H3,(H,27,31)/t21?,23?,24-,25+. The molecule has 1 saturated heterocycles. The minimum Gasteiger partial charge on any atom is -0.491 e. The van der Waals surface area contributed by atoms with Crippen molar-refractivity contribution in [1.29, 1.82) is 0 Å². The number of hydrogen-bond donors (Lipinski definition) is 2. The predicted octanol–water partition coefficient (Wildman–Crippen LogP) is 2.67. The van der Waals surface area contributed by atoms with Crippen molar-refractivity contribution in [3.8, 4) is 16.9 Å². The van der Waals surface area contributed by atoms with Crippen LogP contribution in [0.4, 0.5) is 0 Å². The van der Waals surface area contributed by atoms with Crippen LogP contribution in [-0.4, -0.2) is 72.9 Å². The van der Waals surface area contributed by atoms with Gasteiger partial charge in [-0.25, -0.2) is 0 Å². The molecule has 1 aliphatic carbocycles. The van der Waals surface area contributed by atoms with E-state index in [1.165, 1.54) is 12.6 Å². The van der Waals surface area contributed by atoms with E-state index in [2.05, 4.69) is 41.0 Å². The van der Waals surface area contributed by atoms with Gasteiger partial charge in [-0.1, -0.05) is 18.2 Å². The fourth-order valence-corrected chi connectivity index (χ4v) is 5.21. The SMILES string of the molecule is CN(C)CC1[C@H]2CN(CC(O)COc3ccc4ccc(-c5ccc(=O)[nH]c5)cc4c3)C[C@@H]12. The maximum absolute atomic E-state index is 11.3. The Balaban J connectivity index is 1.17. The molecule has 6 heteroatoms. The number of aromatic amines is 1. The molecule has 3 aromatic rings. The lowest BCUT2D eigenvalue weighted by Gasteiger charge is -2.23. The zero-order valence-corrected chi connectivity index (χ0v) is 18.7. The Bertz CT molecular complexity index is 1130. The number of aliphatic hydroxyl groups excluding tert-OH is 1. The number of likely N-dealkylation sites (tertiary alicyclic amines) is 1. The lowest BCUT2D eigenvalue weighted by atomic mass is 10.0. The van der Waals surface area contributed by atoms with E-state index in [4.69, 9.17) is 4.74 Å². The number of benzene rings is 2. The number of β-amino-alcohol motifs (C(OH)–C–C–N with tert-alkyl or cyclic N) is 1. The molecule has 2 fully saturated rings. The van der Waals surface area contributed by atoms with E-state index in [0.29, 0.717) is 6.54 Å². The molecule has 2 unspecified atom stereocenters. The van der Waals surface area contributed by atoms with Crippen LogP contribution in [0.1, 0.15) is 0 Å². The average molecular weight is 434 g/mol. The van der Waals surface area contributed by atoms with Crippen molar-refractivity contribution < 1.29 is 9.84 Å². The van der Waals surface area contributed by atoms with Gasteiger partial charge in [-0.2, -0.15) is 0 Å². The molecule has 6 nitrogen and oxygen atoms in total. The molecule has 1 aliphatic heterocycles. The van der Waals surface area contributed by atoms with Crippen molar-refractivity contribution in [2.75, 3.05) is 46.9 Å². The number of ether oxygens (including phenoxy) is 1. The fraction of sp³-hybridized carbons (Fsp3) is 0.423. The lowest BCUT2D eigenvalue weighted by Crippen LogP contribution is -2.36. The van der Waals surface area contributed by atoms with Crippen molar-refractivity contribution in [3.05, 3.63) is 65.1 Å². The molecule has 2 aromatic carbocycles. The van der Waals surface area contributed by atoms with Crippen LogP contribution in [0, 0.1) is 17.8 Å². The average Bonchev–Trinajstić information content (AvgIpc) is 3.20. The highest BCUT2D eigenvalue weighted by atomic mass is 16.5. The fourth-order valence-electron chi connectivity index (χ4n) is 5.21. The van der Waals surface area contributed by atoms with Crippen LogP contribution in [0.2, 0.25) is 0 Å². The van der Waals surface area contributed by atoms with Gasteiger partial charge in [-0.15, -0.1) is 0 Å². The third-order valence-electron chi connectivity index (χ3n) is 6.86. The van der Waals surface area contributed by atoms with Gasteiger partial charge in [0, 0.05) is 38.4 Å². The molecule has 0 bridgehead atoms. The lowest BCUT2D eigenvalue weighted by molar-refractivity contribution is 0.0703. The summed E-state index contributed by atoms with van der Waals surface area (Å²) in [6.07, 6.45) is 1.23. The summed E-state index contributed by atoms with van der Waals surface area (Å²) in [5.41, 5.74) is 1.89. The zero-order chi connectivity index (χ0) is 22.2. The van der Waals surface area contributed by atoms with Gasteiger partial charge in [0.15, 0.2) is 0 Å². The molecule has 168 valence electrons. The first kappa shape index (κ1) is 21.2. The Morgan fingerprint density at radius 1 is 1.06 bits per heavy atom. The van der Waals surface area contributed by atoms with Crippen LogP contribution < -0.4 is 10.3 Å². The number of pyridine rings is 1. The Hall–Kier alpha value is -2.67. The number of H-pyrrole nitrogens is 1. The number of piperidine rings is 1. The van der Waals surface area contributed by atoms with E-state index in [0.717, 1.165) is 58.5 Å².